The van der Waals surface area contributed by atoms with Crippen molar-refractivity contribution in [2.24, 2.45) is 11.7 Å². The molecular formula is C13H16Cl3N3O2. The molecule has 0 spiro atoms. The van der Waals surface area contributed by atoms with Crippen molar-refractivity contribution in [3.63, 3.8) is 0 Å². The van der Waals surface area contributed by atoms with Gasteiger partial charge >= 0.3 is 5.97 Å². The number of rotatable bonds is 2. The number of carbonyl (C=O) groups is 1. The summed E-state index contributed by atoms with van der Waals surface area (Å²) >= 11 is 11.8. The third-order valence-corrected chi connectivity index (χ3v) is 3.73. The SMILES string of the molecule is Cl.N=C(N)N1CCCC(C(=O)Oc2ccc(Cl)cc2Cl)C1. The van der Waals surface area contributed by atoms with Crippen molar-refractivity contribution in [2.45, 2.75) is 12.8 Å². The lowest BCUT2D eigenvalue weighted by atomic mass is 9.98. The van der Waals surface area contributed by atoms with Crippen molar-refractivity contribution >= 4 is 47.5 Å². The Balaban J connectivity index is 0.00000220. The van der Waals surface area contributed by atoms with Crippen molar-refractivity contribution in [3.05, 3.63) is 28.2 Å². The predicted octanol–water partition coefficient (Wildman–Crippen LogP) is 2.93. The molecule has 1 unspecified atom stereocenters. The fraction of sp³-hybridized carbons (Fsp3) is 0.385. The fourth-order valence-electron chi connectivity index (χ4n) is 2.14. The highest BCUT2D eigenvalue weighted by Gasteiger charge is 2.28. The van der Waals surface area contributed by atoms with Crippen LogP contribution in [0.1, 0.15) is 12.8 Å². The average Bonchev–Trinajstić information content (AvgIpc) is 2.42. The summed E-state index contributed by atoms with van der Waals surface area (Å²) in [4.78, 5) is 13.8. The van der Waals surface area contributed by atoms with Crippen LogP contribution in [-0.4, -0.2) is 29.9 Å². The zero-order valence-electron chi connectivity index (χ0n) is 11.1. The highest BCUT2D eigenvalue weighted by atomic mass is 35.5. The molecule has 1 aliphatic heterocycles. The van der Waals surface area contributed by atoms with Crippen LogP contribution in [0.4, 0.5) is 0 Å². The van der Waals surface area contributed by atoms with Gasteiger partial charge in [0.2, 0.25) is 0 Å². The summed E-state index contributed by atoms with van der Waals surface area (Å²) in [7, 11) is 0. The summed E-state index contributed by atoms with van der Waals surface area (Å²) in [5, 5.41) is 8.19. The molecule has 1 atom stereocenters. The number of benzene rings is 1. The Hall–Kier alpha value is -1.17. The zero-order chi connectivity index (χ0) is 14.7. The maximum Gasteiger partial charge on any atom is 0.316 e. The molecule has 1 heterocycles. The lowest BCUT2D eigenvalue weighted by molar-refractivity contribution is -0.140. The Bertz CT molecular complexity index is 539. The molecule has 1 saturated heterocycles. The predicted molar refractivity (Wildman–Crippen MR) is 85.6 cm³/mol. The van der Waals surface area contributed by atoms with Crippen LogP contribution in [0, 0.1) is 11.3 Å². The van der Waals surface area contributed by atoms with Gasteiger partial charge in [0.1, 0.15) is 5.75 Å². The van der Waals surface area contributed by atoms with Crippen LogP contribution >= 0.6 is 35.6 Å². The highest BCUT2D eigenvalue weighted by molar-refractivity contribution is 6.35. The molecule has 1 aromatic carbocycles. The second kappa shape index (κ2) is 7.73. The third-order valence-electron chi connectivity index (χ3n) is 3.20. The van der Waals surface area contributed by atoms with Crippen molar-refractivity contribution < 1.29 is 9.53 Å². The number of nitrogens with zero attached hydrogens (tertiary/aromatic N) is 1. The summed E-state index contributed by atoms with van der Waals surface area (Å²) in [6, 6.07) is 4.70. The van der Waals surface area contributed by atoms with Crippen molar-refractivity contribution in [1.82, 2.24) is 4.90 Å². The number of nitrogens with two attached hydrogens (primary N) is 1. The Morgan fingerprint density at radius 2 is 2.14 bits per heavy atom. The van der Waals surface area contributed by atoms with Gasteiger partial charge in [-0.1, -0.05) is 23.2 Å². The van der Waals surface area contributed by atoms with E-state index >= 15 is 0 Å². The van der Waals surface area contributed by atoms with E-state index in [4.69, 9.17) is 39.1 Å². The Morgan fingerprint density at radius 3 is 2.76 bits per heavy atom. The monoisotopic (exact) mass is 351 g/mol. The molecule has 5 nitrogen and oxygen atoms in total. The summed E-state index contributed by atoms with van der Waals surface area (Å²) in [5.41, 5.74) is 5.44. The molecule has 0 aromatic heterocycles. The van der Waals surface area contributed by atoms with E-state index < -0.39 is 0 Å². The van der Waals surface area contributed by atoms with Crippen molar-refractivity contribution in [2.75, 3.05) is 13.1 Å². The fourth-order valence-corrected chi connectivity index (χ4v) is 2.59. The first-order valence-electron chi connectivity index (χ1n) is 6.23. The quantitative estimate of drug-likeness (QED) is 0.371. The van der Waals surface area contributed by atoms with Crippen LogP contribution in [-0.2, 0) is 4.79 Å². The standard InChI is InChI=1S/C13H15Cl2N3O2.ClH/c14-9-3-4-11(10(15)6-9)20-12(19)8-2-1-5-18(7-8)13(16)17;/h3-4,6,8H,1-2,5,7H2,(H3,16,17);1H. The molecule has 2 rings (SSSR count). The van der Waals surface area contributed by atoms with Crippen LogP contribution < -0.4 is 10.5 Å². The van der Waals surface area contributed by atoms with Gasteiger partial charge in [0, 0.05) is 18.1 Å². The molecule has 0 amide bonds. The topological polar surface area (TPSA) is 79.4 Å². The van der Waals surface area contributed by atoms with Gasteiger partial charge in [0.25, 0.3) is 0 Å². The van der Waals surface area contributed by atoms with Gasteiger partial charge in [0.15, 0.2) is 5.96 Å². The molecule has 0 radical (unpaired) electrons. The molecule has 3 N–H and O–H groups in total. The van der Waals surface area contributed by atoms with Gasteiger partial charge in [-0.05, 0) is 31.0 Å². The van der Waals surface area contributed by atoms with Gasteiger partial charge < -0.3 is 15.4 Å². The van der Waals surface area contributed by atoms with E-state index in [2.05, 4.69) is 0 Å². The first-order valence-corrected chi connectivity index (χ1v) is 6.98. The van der Waals surface area contributed by atoms with Crippen LogP contribution in [0.2, 0.25) is 10.0 Å². The summed E-state index contributed by atoms with van der Waals surface area (Å²) in [5.74, 6) is -0.396. The Labute approximate surface area is 139 Å². The minimum absolute atomic E-state index is 0. The van der Waals surface area contributed by atoms with E-state index in [-0.39, 0.29) is 30.3 Å². The van der Waals surface area contributed by atoms with E-state index in [0.29, 0.717) is 35.3 Å². The number of halogens is 3. The van der Waals surface area contributed by atoms with Crippen LogP contribution in [0.5, 0.6) is 5.75 Å². The minimum atomic E-state index is -0.361. The lowest BCUT2D eigenvalue weighted by Crippen LogP contribution is -2.46. The van der Waals surface area contributed by atoms with Gasteiger partial charge in [-0.3, -0.25) is 10.2 Å². The number of guanidine groups is 1. The molecule has 1 fully saturated rings. The second-order valence-electron chi connectivity index (χ2n) is 4.67. The molecule has 8 heteroatoms. The van der Waals surface area contributed by atoms with E-state index in [1.54, 1.807) is 17.0 Å². The number of esters is 1. The van der Waals surface area contributed by atoms with E-state index in [1.165, 1.54) is 6.07 Å². The van der Waals surface area contributed by atoms with E-state index in [1.807, 2.05) is 0 Å². The molecule has 0 aliphatic carbocycles. The Morgan fingerprint density at radius 1 is 1.43 bits per heavy atom. The number of nitrogens with one attached hydrogen (secondary N) is 1. The first kappa shape index (κ1) is 17.9. The van der Waals surface area contributed by atoms with Gasteiger partial charge in [-0.2, -0.15) is 0 Å². The molecule has 116 valence electrons. The number of hydrogen-bond donors (Lipinski definition) is 2. The van der Waals surface area contributed by atoms with E-state index in [0.717, 1.165) is 6.42 Å². The van der Waals surface area contributed by atoms with Gasteiger partial charge in [-0.15, -0.1) is 12.4 Å². The maximum atomic E-state index is 12.1. The second-order valence-corrected chi connectivity index (χ2v) is 5.51. The lowest BCUT2D eigenvalue weighted by Gasteiger charge is -2.31. The summed E-state index contributed by atoms with van der Waals surface area (Å²) in [6.45, 7) is 1.10. The molecule has 1 aliphatic rings. The molecule has 1 aromatic rings. The van der Waals surface area contributed by atoms with Gasteiger partial charge in [-0.25, -0.2) is 0 Å². The zero-order valence-corrected chi connectivity index (χ0v) is 13.5. The first-order chi connectivity index (χ1) is 9.47. The highest BCUT2D eigenvalue weighted by Crippen LogP contribution is 2.29. The normalized spacial score (nSPS) is 17.8. The van der Waals surface area contributed by atoms with E-state index in [9.17, 15) is 4.79 Å². The minimum Gasteiger partial charge on any atom is -0.425 e. The average molecular weight is 353 g/mol. The van der Waals surface area contributed by atoms with Crippen LogP contribution in [0.3, 0.4) is 0 Å². The number of ether oxygens (including phenoxy) is 1. The molecule has 0 saturated carbocycles. The van der Waals surface area contributed by atoms with Crippen molar-refractivity contribution in [3.8, 4) is 5.75 Å². The number of piperidine rings is 1. The number of carbonyl (C=O) groups excluding carboxylic acids is 1. The summed E-state index contributed by atoms with van der Waals surface area (Å²) < 4.78 is 5.30. The number of hydrogen-bond acceptors (Lipinski definition) is 3. The van der Waals surface area contributed by atoms with Gasteiger partial charge in [0.05, 0.1) is 10.9 Å². The van der Waals surface area contributed by atoms with Crippen LogP contribution in [0.25, 0.3) is 0 Å². The third kappa shape index (κ3) is 4.66. The van der Waals surface area contributed by atoms with Crippen LogP contribution in [0.15, 0.2) is 18.2 Å². The maximum absolute atomic E-state index is 12.1. The molecule has 21 heavy (non-hydrogen) atoms. The molecule has 0 bridgehead atoms. The number of likely N-dealkylation sites (tertiary alicyclic amines) is 1. The van der Waals surface area contributed by atoms with Crippen molar-refractivity contribution in [1.29, 1.82) is 5.41 Å². The summed E-state index contributed by atoms with van der Waals surface area (Å²) in [6.07, 6.45) is 1.52. The molecular weight excluding hydrogens is 337 g/mol. The Kier molecular flexibility index (Phi) is 6.58. The smallest absolute Gasteiger partial charge is 0.316 e. The largest absolute Gasteiger partial charge is 0.425 e.